The summed E-state index contributed by atoms with van der Waals surface area (Å²) >= 11 is 0. The summed E-state index contributed by atoms with van der Waals surface area (Å²) < 4.78 is 13.2. The highest BCUT2D eigenvalue weighted by molar-refractivity contribution is 6.04. The number of H-pyrrole nitrogens is 1. The first-order valence-corrected chi connectivity index (χ1v) is 9.72. The van der Waals surface area contributed by atoms with Crippen molar-refractivity contribution in [3.05, 3.63) is 47.9 Å². The van der Waals surface area contributed by atoms with Gasteiger partial charge in [-0.2, -0.15) is 0 Å². The van der Waals surface area contributed by atoms with E-state index in [0.29, 0.717) is 28.5 Å². The molecule has 3 aromatic rings. The Bertz CT molecular complexity index is 1010. The SMILES string of the molecule is CC1CC(NC(=O)c2ccnc3nc(-c4ccc(F)cc4)[nH]c23)CC(C)(C)C1. The highest BCUT2D eigenvalue weighted by atomic mass is 19.1. The van der Waals surface area contributed by atoms with Crippen LogP contribution in [0.3, 0.4) is 0 Å². The van der Waals surface area contributed by atoms with Gasteiger partial charge in [-0.25, -0.2) is 14.4 Å². The molecular weight excluding hydrogens is 355 g/mol. The fraction of sp³-hybridized carbons (Fsp3) is 0.409. The van der Waals surface area contributed by atoms with Gasteiger partial charge in [-0.05, 0) is 60.9 Å². The number of aromatic amines is 1. The largest absolute Gasteiger partial charge is 0.349 e. The van der Waals surface area contributed by atoms with Crippen LogP contribution in [0.4, 0.5) is 4.39 Å². The van der Waals surface area contributed by atoms with Crippen molar-refractivity contribution >= 4 is 17.1 Å². The van der Waals surface area contributed by atoms with Gasteiger partial charge in [0.05, 0.1) is 11.1 Å². The Balaban J connectivity index is 1.61. The minimum atomic E-state index is -0.303. The highest BCUT2D eigenvalue weighted by Crippen LogP contribution is 2.38. The number of imidazole rings is 1. The highest BCUT2D eigenvalue weighted by Gasteiger charge is 2.33. The van der Waals surface area contributed by atoms with Crippen LogP contribution in [0, 0.1) is 17.2 Å². The number of carbonyl (C=O) groups is 1. The number of carbonyl (C=O) groups excluding carboxylic acids is 1. The molecule has 0 aliphatic heterocycles. The quantitative estimate of drug-likeness (QED) is 0.691. The van der Waals surface area contributed by atoms with Crippen LogP contribution >= 0.6 is 0 Å². The van der Waals surface area contributed by atoms with Crippen LogP contribution < -0.4 is 5.32 Å². The summed E-state index contributed by atoms with van der Waals surface area (Å²) in [5.74, 6) is 0.734. The number of fused-ring (bicyclic) bond motifs is 1. The Kier molecular flexibility index (Phi) is 4.65. The number of nitrogens with zero attached hydrogens (tertiary/aromatic N) is 2. The van der Waals surface area contributed by atoms with E-state index in [2.05, 4.69) is 41.0 Å². The molecule has 28 heavy (non-hydrogen) atoms. The molecule has 6 heteroatoms. The Morgan fingerprint density at radius 3 is 2.68 bits per heavy atom. The van der Waals surface area contributed by atoms with E-state index in [1.54, 1.807) is 24.4 Å². The van der Waals surface area contributed by atoms with Crippen LogP contribution in [0.1, 0.15) is 50.4 Å². The molecule has 2 aromatic heterocycles. The number of amides is 1. The molecule has 1 saturated carbocycles. The molecule has 1 aliphatic rings. The molecule has 2 atom stereocenters. The first-order chi connectivity index (χ1) is 13.3. The number of pyridine rings is 1. The number of aromatic nitrogens is 3. The third-order valence-corrected chi connectivity index (χ3v) is 5.48. The fourth-order valence-corrected chi connectivity index (χ4v) is 4.56. The summed E-state index contributed by atoms with van der Waals surface area (Å²) in [6.45, 7) is 6.77. The van der Waals surface area contributed by atoms with Crippen molar-refractivity contribution in [2.45, 2.75) is 46.1 Å². The zero-order chi connectivity index (χ0) is 19.9. The molecule has 0 spiro atoms. The number of hydrogen-bond acceptors (Lipinski definition) is 3. The summed E-state index contributed by atoms with van der Waals surface area (Å²) in [6, 6.07) is 7.94. The molecule has 0 saturated heterocycles. The Hall–Kier alpha value is -2.76. The minimum Gasteiger partial charge on any atom is -0.349 e. The van der Waals surface area contributed by atoms with Gasteiger partial charge in [0.15, 0.2) is 5.65 Å². The van der Waals surface area contributed by atoms with E-state index in [0.717, 1.165) is 18.4 Å². The first kappa shape index (κ1) is 18.6. The number of hydrogen-bond donors (Lipinski definition) is 2. The number of halogens is 1. The summed E-state index contributed by atoms with van der Waals surface area (Å²) in [6.07, 6.45) is 4.74. The second-order valence-corrected chi connectivity index (χ2v) is 8.73. The number of benzene rings is 1. The van der Waals surface area contributed by atoms with Crippen molar-refractivity contribution in [2.75, 3.05) is 0 Å². The molecule has 2 unspecified atom stereocenters. The molecule has 0 radical (unpaired) electrons. The third-order valence-electron chi connectivity index (χ3n) is 5.48. The van der Waals surface area contributed by atoms with E-state index in [1.807, 2.05) is 0 Å². The maximum atomic E-state index is 13.2. The third kappa shape index (κ3) is 3.77. The van der Waals surface area contributed by atoms with Gasteiger partial charge in [0.1, 0.15) is 11.6 Å². The van der Waals surface area contributed by atoms with Crippen molar-refractivity contribution in [2.24, 2.45) is 11.3 Å². The summed E-state index contributed by atoms with van der Waals surface area (Å²) in [5.41, 5.74) is 2.58. The van der Waals surface area contributed by atoms with Crippen LogP contribution in [0.25, 0.3) is 22.6 Å². The van der Waals surface area contributed by atoms with Crippen LogP contribution in [-0.4, -0.2) is 26.9 Å². The minimum absolute atomic E-state index is 0.114. The fourth-order valence-electron chi connectivity index (χ4n) is 4.56. The monoisotopic (exact) mass is 380 g/mol. The maximum absolute atomic E-state index is 13.2. The van der Waals surface area contributed by atoms with E-state index in [4.69, 9.17) is 0 Å². The molecular formula is C22H25FN4O. The van der Waals surface area contributed by atoms with Crippen molar-refractivity contribution < 1.29 is 9.18 Å². The lowest BCUT2D eigenvalue weighted by molar-refractivity contribution is 0.0875. The second-order valence-electron chi connectivity index (χ2n) is 8.73. The summed E-state index contributed by atoms with van der Waals surface area (Å²) in [7, 11) is 0. The van der Waals surface area contributed by atoms with Crippen LogP contribution in [0.5, 0.6) is 0 Å². The second kappa shape index (κ2) is 7.00. The molecule has 0 bridgehead atoms. The Labute approximate surface area is 163 Å². The summed E-state index contributed by atoms with van der Waals surface area (Å²) in [5, 5.41) is 3.21. The standard InChI is InChI=1S/C22H25FN4O/c1-13-10-16(12-22(2,3)11-13)25-21(28)17-8-9-24-20-18(17)26-19(27-20)14-4-6-15(23)7-5-14/h4-9,13,16H,10-12H2,1-3H3,(H,25,28)(H,24,26,27). The molecule has 146 valence electrons. The van der Waals surface area contributed by atoms with Crippen LogP contribution in [0.2, 0.25) is 0 Å². The van der Waals surface area contributed by atoms with Gasteiger partial charge in [0.25, 0.3) is 5.91 Å². The average molecular weight is 380 g/mol. The van der Waals surface area contributed by atoms with E-state index in [-0.39, 0.29) is 23.2 Å². The normalized spacial score (nSPS) is 21.6. The molecule has 2 N–H and O–H groups in total. The van der Waals surface area contributed by atoms with Gasteiger partial charge in [-0.15, -0.1) is 0 Å². The predicted molar refractivity (Wildman–Crippen MR) is 107 cm³/mol. The molecule has 1 aliphatic carbocycles. The predicted octanol–water partition coefficient (Wildman–Crippen LogP) is 4.71. The Morgan fingerprint density at radius 2 is 1.96 bits per heavy atom. The average Bonchev–Trinajstić information content (AvgIpc) is 3.04. The van der Waals surface area contributed by atoms with E-state index in [9.17, 15) is 9.18 Å². The number of nitrogens with one attached hydrogen (secondary N) is 2. The lowest BCUT2D eigenvalue weighted by atomic mass is 9.70. The van der Waals surface area contributed by atoms with Gasteiger partial charge < -0.3 is 10.3 Å². The lowest BCUT2D eigenvalue weighted by Crippen LogP contribution is -2.43. The van der Waals surface area contributed by atoms with Crippen molar-refractivity contribution in [1.29, 1.82) is 0 Å². The van der Waals surface area contributed by atoms with Gasteiger partial charge in [0, 0.05) is 17.8 Å². The van der Waals surface area contributed by atoms with Crippen molar-refractivity contribution in [3.63, 3.8) is 0 Å². The van der Waals surface area contributed by atoms with Crippen molar-refractivity contribution in [1.82, 2.24) is 20.3 Å². The maximum Gasteiger partial charge on any atom is 0.253 e. The van der Waals surface area contributed by atoms with Crippen LogP contribution in [-0.2, 0) is 0 Å². The molecule has 5 nitrogen and oxygen atoms in total. The molecule has 1 fully saturated rings. The molecule has 2 heterocycles. The van der Waals surface area contributed by atoms with E-state index >= 15 is 0 Å². The number of rotatable bonds is 3. The topological polar surface area (TPSA) is 70.7 Å². The smallest absolute Gasteiger partial charge is 0.253 e. The molecule has 1 amide bonds. The molecule has 1 aromatic carbocycles. The zero-order valence-corrected chi connectivity index (χ0v) is 16.4. The summed E-state index contributed by atoms with van der Waals surface area (Å²) in [4.78, 5) is 24.9. The van der Waals surface area contributed by atoms with Crippen LogP contribution in [0.15, 0.2) is 36.5 Å². The van der Waals surface area contributed by atoms with E-state index < -0.39 is 0 Å². The zero-order valence-electron chi connectivity index (χ0n) is 16.4. The van der Waals surface area contributed by atoms with Gasteiger partial charge in [-0.3, -0.25) is 4.79 Å². The lowest BCUT2D eigenvalue weighted by Gasteiger charge is -2.39. The van der Waals surface area contributed by atoms with Gasteiger partial charge in [0.2, 0.25) is 0 Å². The Morgan fingerprint density at radius 1 is 1.21 bits per heavy atom. The van der Waals surface area contributed by atoms with E-state index in [1.165, 1.54) is 18.6 Å². The van der Waals surface area contributed by atoms with Gasteiger partial charge in [-0.1, -0.05) is 20.8 Å². The molecule has 4 rings (SSSR count). The van der Waals surface area contributed by atoms with Gasteiger partial charge >= 0.3 is 0 Å². The first-order valence-electron chi connectivity index (χ1n) is 9.72. The van der Waals surface area contributed by atoms with Crippen molar-refractivity contribution in [3.8, 4) is 11.4 Å².